The van der Waals surface area contributed by atoms with Gasteiger partial charge in [-0.25, -0.2) is 0 Å². The van der Waals surface area contributed by atoms with Gasteiger partial charge in [-0.15, -0.1) is 6.58 Å². The van der Waals surface area contributed by atoms with E-state index in [-0.39, 0.29) is 6.04 Å². The highest BCUT2D eigenvalue weighted by Crippen LogP contribution is 2.02. The highest BCUT2D eigenvalue weighted by Gasteiger charge is 1.97. The number of hydrogen-bond acceptors (Lipinski definition) is 0. The molecule has 0 aromatic rings. The zero-order valence-electron chi connectivity index (χ0n) is 6.19. The average molecular weight is 126 g/mol. The Balaban J connectivity index is 3.04. The van der Waals surface area contributed by atoms with E-state index in [0.717, 1.165) is 12.8 Å². The minimum Gasteiger partial charge on any atom is -0.254 e. The Labute approximate surface area is 57.9 Å². The second-order valence-electron chi connectivity index (χ2n) is 2.36. The van der Waals surface area contributed by atoms with Crippen LogP contribution in [0, 0.1) is 0 Å². The van der Waals surface area contributed by atoms with Crippen molar-refractivity contribution >= 4 is 0 Å². The molecule has 0 heterocycles. The van der Waals surface area contributed by atoms with Crippen LogP contribution in [-0.4, -0.2) is 6.04 Å². The first-order valence-electron chi connectivity index (χ1n) is 3.63. The maximum Gasteiger partial charge on any atom is 0.0247 e. The molecule has 1 atom stereocenters. The van der Waals surface area contributed by atoms with Gasteiger partial charge in [-0.05, 0) is 12.8 Å². The van der Waals surface area contributed by atoms with E-state index in [1.165, 1.54) is 12.8 Å². The van der Waals surface area contributed by atoms with Crippen LogP contribution in [-0.2, 0) is 0 Å². The molecular formula is C8H16N. The number of unbranched alkanes of at least 4 members (excludes halogenated alkanes) is 1. The molecule has 1 nitrogen and oxygen atoms in total. The first-order chi connectivity index (χ1) is 4.31. The molecule has 1 radical (unpaired) electrons. The summed E-state index contributed by atoms with van der Waals surface area (Å²) in [5.41, 5.74) is 7.40. The molecule has 53 valence electrons. The molecule has 0 rings (SSSR count). The Morgan fingerprint density at radius 2 is 2.33 bits per heavy atom. The topological polar surface area (TPSA) is 23.8 Å². The molecule has 0 amide bonds. The molecule has 1 heteroatoms. The van der Waals surface area contributed by atoms with Crippen LogP contribution in [0.5, 0.6) is 0 Å². The van der Waals surface area contributed by atoms with Gasteiger partial charge in [0.1, 0.15) is 0 Å². The maximum absolute atomic E-state index is 7.40. The lowest BCUT2D eigenvalue weighted by molar-refractivity contribution is 0.568. The third kappa shape index (κ3) is 5.57. The molecule has 0 saturated heterocycles. The smallest absolute Gasteiger partial charge is 0.0247 e. The quantitative estimate of drug-likeness (QED) is 0.505. The summed E-state index contributed by atoms with van der Waals surface area (Å²) in [5.74, 6) is 0. The Morgan fingerprint density at radius 3 is 2.78 bits per heavy atom. The van der Waals surface area contributed by atoms with Gasteiger partial charge >= 0.3 is 0 Å². The van der Waals surface area contributed by atoms with Crippen LogP contribution < -0.4 is 5.73 Å². The monoisotopic (exact) mass is 126 g/mol. The lowest BCUT2D eigenvalue weighted by atomic mass is 10.1. The zero-order valence-corrected chi connectivity index (χ0v) is 6.19. The highest BCUT2D eigenvalue weighted by molar-refractivity contribution is 4.74. The summed E-state index contributed by atoms with van der Waals surface area (Å²) < 4.78 is 0. The molecule has 1 unspecified atom stereocenters. The van der Waals surface area contributed by atoms with Crippen molar-refractivity contribution in [2.24, 2.45) is 0 Å². The van der Waals surface area contributed by atoms with Crippen LogP contribution in [0.3, 0.4) is 0 Å². The summed E-state index contributed by atoms with van der Waals surface area (Å²) in [7, 11) is 0. The summed E-state index contributed by atoms with van der Waals surface area (Å²) >= 11 is 0. The van der Waals surface area contributed by atoms with Gasteiger partial charge in [-0.3, -0.25) is 5.73 Å². The minimum atomic E-state index is 0.0995. The Morgan fingerprint density at radius 1 is 1.67 bits per heavy atom. The van der Waals surface area contributed by atoms with Gasteiger partial charge in [0, 0.05) is 6.04 Å². The van der Waals surface area contributed by atoms with Crippen molar-refractivity contribution in [1.82, 2.24) is 5.73 Å². The van der Waals surface area contributed by atoms with Crippen molar-refractivity contribution in [3.8, 4) is 0 Å². The maximum atomic E-state index is 7.40. The van der Waals surface area contributed by atoms with Crippen molar-refractivity contribution < 1.29 is 0 Å². The van der Waals surface area contributed by atoms with Crippen molar-refractivity contribution in [2.75, 3.05) is 0 Å². The van der Waals surface area contributed by atoms with E-state index >= 15 is 0 Å². The summed E-state index contributed by atoms with van der Waals surface area (Å²) in [4.78, 5) is 0. The largest absolute Gasteiger partial charge is 0.254 e. The molecule has 0 bridgehead atoms. The van der Waals surface area contributed by atoms with Crippen LogP contribution in [0.4, 0.5) is 0 Å². The van der Waals surface area contributed by atoms with Gasteiger partial charge in [0.05, 0.1) is 0 Å². The van der Waals surface area contributed by atoms with Gasteiger partial charge in [0.25, 0.3) is 0 Å². The van der Waals surface area contributed by atoms with E-state index in [4.69, 9.17) is 5.73 Å². The van der Waals surface area contributed by atoms with Crippen molar-refractivity contribution in [1.29, 1.82) is 0 Å². The standard InChI is InChI=1S/C8H16N/c1-3-5-7-8(9)6-4-2/h4,8-9H,2-3,5-7H2,1H3. The highest BCUT2D eigenvalue weighted by atomic mass is 14.6. The van der Waals surface area contributed by atoms with Gasteiger partial charge in [0.2, 0.25) is 0 Å². The van der Waals surface area contributed by atoms with Crippen molar-refractivity contribution in [3.05, 3.63) is 12.7 Å². The summed E-state index contributed by atoms with van der Waals surface area (Å²) in [6.45, 7) is 5.74. The first kappa shape index (κ1) is 8.70. The zero-order chi connectivity index (χ0) is 7.11. The summed E-state index contributed by atoms with van der Waals surface area (Å²) in [6, 6.07) is 0.0995. The van der Waals surface area contributed by atoms with Crippen LogP contribution in [0.25, 0.3) is 0 Å². The van der Waals surface area contributed by atoms with Crippen LogP contribution in [0.1, 0.15) is 32.6 Å². The molecule has 9 heavy (non-hydrogen) atoms. The van der Waals surface area contributed by atoms with E-state index < -0.39 is 0 Å². The molecule has 0 aliphatic rings. The number of nitrogens with one attached hydrogen (secondary N) is 1. The number of hydrogen-bond donors (Lipinski definition) is 0. The number of rotatable bonds is 5. The van der Waals surface area contributed by atoms with E-state index in [0.29, 0.717) is 0 Å². The molecular weight excluding hydrogens is 110 g/mol. The third-order valence-corrected chi connectivity index (χ3v) is 1.36. The fourth-order valence-electron chi connectivity index (χ4n) is 0.770. The summed E-state index contributed by atoms with van der Waals surface area (Å²) in [6.07, 6.45) is 6.09. The van der Waals surface area contributed by atoms with Crippen molar-refractivity contribution in [3.63, 3.8) is 0 Å². The van der Waals surface area contributed by atoms with E-state index in [1.807, 2.05) is 6.08 Å². The fourth-order valence-corrected chi connectivity index (χ4v) is 0.770. The molecule has 0 aromatic heterocycles. The van der Waals surface area contributed by atoms with Crippen LogP contribution >= 0.6 is 0 Å². The van der Waals surface area contributed by atoms with Crippen LogP contribution in [0.2, 0.25) is 0 Å². The van der Waals surface area contributed by atoms with E-state index in [2.05, 4.69) is 13.5 Å². The van der Waals surface area contributed by atoms with Gasteiger partial charge < -0.3 is 0 Å². The Hall–Kier alpha value is -0.300. The molecule has 0 spiro atoms. The third-order valence-electron chi connectivity index (χ3n) is 1.36. The van der Waals surface area contributed by atoms with Gasteiger partial charge in [-0.2, -0.15) is 0 Å². The Bertz CT molecular complexity index is 69.0. The predicted octanol–water partition coefficient (Wildman–Crippen LogP) is 2.40. The van der Waals surface area contributed by atoms with Gasteiger partial charge in [-0.1, -0.05) is 25.8 Å². The predicted molar refractivity (Wildman–Crippen MR) is 41.2 cm³/mol. The molecule has 0 aliphatic carbocycles. The lowest BCUT2D eigenvalue weighted by Gasteiger charge is -2.04. The fraction of sp³-hybridized carbons (Fsp3) is 0.750. The normalized spacial score (nSPS) is 13.1. The SMILES string of the molecule is C=CCC([NH])CCCC. The minimum absolute atomic E-state index is 0.0995. The van der Waals surface area contributed by atoms with Crippen molar-refractivity contribution in [2.45, 2.75) is 38.6 Å². The summed E-state index contributed by atoms with van der Waals surface area (Å²) in [5, 5.41) is 0. The molecule has 0 aromatic carbocycles. The van der Waals surface area contributed by atoms with E-state index in [9.17, 15) is 0 Å². The van der Waals surface area contributed by atoms with Crippen LogP contribution in [0.15, 0.2) is 12.7 Å². The molecule has 0 aliphatic heterocycles. The molecule has 0 fully saturated rings. The molecule has 0 saturated carbocycles. The van der Waals surface area contributed by atoms with Gasteiger partial charge in [0.15, 0.2) is 0 Å². The second kappa shape index (κ2) is 5.83. The van der Waals surface area contributed by atoms with E-state index in [1.54, 1.807) is 0 Å². The average Bonchev–Trinajstić information content (AvgIpc) is 1.85. The first-order valence-corrected chi connectivity index (χ1v) is 3.63. The lowest BCUT2D eigenvalue weighted by Crippen LogP contribution is -2.06. The molecule has 1 N–H and O–H groups in total. The second-order valence-corrected chi connectivity index (χ2v) is 2.36. The Kier molecular flexibility index (Phi) is 5.64.